The van der Waals surface area contributed by atoms with Gasteiger partial charge in [0.05, 0.1) is 18.2 Å². The lowest BCUT2D eigenvalue weighted by Crippen LogP contribution is -2.30. The predicted molar refractivity (Wildman–Crippen MR) is 64.3 cm³/mol. The van der Waals surface area contributed by atoms with Crippen molar-refractivity contribution in [3.63, 3.8) is 0 Å². The first-order chi connectivity index (χ1) is 8.87. The monoisotopic (exact) mass is 296 g/mol. The maximum Gasteiger partial charge on any atom is 0.390 e. The molecule has 2 unspecified atom stereocenters. The molecule has 1 N–H and O–H groups in total. The standard InChI is InChI=1S/C11H15F3N2O2S/c12-11(13,14)5-6-19(18)10(7-15)8-1-3-9(16-17)4-2-8/h8,10,17H,1-6H2. The van der Waals surface area contributed by atoms with Crippen LogP contribution >= 0.6 is 0 Å². The number of oxime groups is 1. The van der Waals surface area contributed by atoms with Crippen molar-refractivity contribution >= 4 is 16.5 Å². The van der Waals surface area contributed by atoms with Gasteiger partial charge in [-0.05, 0) is 31.6 Å². The fourth-order valence-electron chi connectivity index (χ4n) is 2.10. The summed E-state index contributed by atoms with van der Waals surface area (Å²) in [7, 11) is -1.80. The van der Waals surface area contributed by atoms with Gasteiger partial charge >= 0.3 is 6.18 Å². The maximum atomic E-state index is 12.1. The summed E-state index contributed by atoms with van der Waals surface area (Å²) in [4.78, 5) is 0. The van der Waals surface area contributed by atoms with Crippen LogP contribution in [0.1, 0.15) is 32.1 Å². The molecule has 108 valence electrons. The van der Waals surface area contributed by atoms with E-state index in [0.29, 0.717) is 31.4 Å². The van der Waals surface area contributed by atoms with Gasteiger partial charge in [0.25, 0.3) is 0 Å². The van der Waals surface area contributed by atoms with Crippen LogP contribution in [0, 0.1) is 17.2 Å². The largest absolute Gasteiger partial charge is 0.411 e. The number of nitrogens with zero attached hydrogens (tertiary/aromatic N) is 2. The number of nitriles is 1. The van der Waals surface area contributed by atoms with Crippen molar-refractivity contribution in [1.29, 1.82) is 5.26 Å². The van der Waals surface area contributed by atoms with Gasteiger partial charge in [0, 0.05) is 16.6 Å². The molecule has 0 amide bonds. The van der Waals surface area contributed by atoms with E-state index in [9.17, 15) is 17.4 Å². The predicted octanol–water partition coefficient (Wildman–Crippen LogP) is 2.60. The van der Waals surface area contributed by atoms with Gasteiger partial charge in [-0.25, -0.2) is 0 Å². The minimum atomic E-state index is -4.35. The molecule has 0 aromatic carbocycles. The van der Waals surface area contributed by atoms with Crippen molar-refractivity contribution in [2.24, 2.45) is 11.1 Å². The third-order valence-electron chi connectivity index (χ3n) is 3.17. The Hall–Kier alpha value is -1.10. The molecule has 1 fully saturated rings. The summed E-state index contributed by atoms with van der Waals surface area (Å²) in [5.41, 5.74) is 0.619. The van der Waals surface area contributed by atoms with E-state index in [-0.39, 0.29) is 5.92 Å². The third kappa shape index (κ3) is 5.19. The van der Waals surface area contributed by atoms with Crippen LogP contribution in [0.5, 0.6) is 0 Å². The van der Waals surface area contributed by atoms with E-state index in [0.717, 1.165) is 0 Å². The van der Waals surface area contributed by atoms with Gasteiger partial charge in [0.1, 0.15) is 5.25 Å². The zero-order chi connectivity index (χ0) is 14.5. The Balaban J connectivity index is 2.54. The normalized spacial score (nSPS) is 23.5. The molecule has 0 aliphatic heterocycles. The third-order valence-corrected chi connectivity index (χ3v) is 4.84. The molecule has 0 radical (unpaired) electrons. The van der Waals surface area contributed by atoms with Gasteiger partial charge in [-0.1, -0.05) is 5.16 Å². The molecule has 0 spiro atoms. The molecule has 19 heavy (non-hydrogen) atoms. The molecule has 0 bridgehead atoms. The molecule has 4 nitrogen and oxygen atoms in total. The Morgan fingerprint density at radius 2 is 2.05 bits per heavy atom. The van der Waals surface area contributed by atoms with Gasteiger partial charge < -0.3 is 5.21 Å². The zero-order valence-corrected chi connectivity index (χ0v) is 11.0. The van der Waals surface area contributed by atoms with E-state index in [2.05, 4.69) is 5.16 Å². The summed E-state index contributed by atoms with van der Waals surface area (Å²) in [5.74, 6) is -0.719. The summed E-state index contributed by atoms with van der Waals surface area (Å²) in [6.45, 7) is 0. The summed E-state index contributed by atoms with van der Waals surface area (Å²) in [6, 6.07) is 1.87. The summed E-state index contributed by atoms with van der Waals surface area (Å²) < 4.78 is 48.0. The number of rotatable bonds is 4. The second-order valence-electron chi connectivity index (χ2n) is 4.50. The Morgan fingerprint density at radius 1 is 1.47 bits per heavy atom. The maximum absolute atomic E-state index is 12.1. The van der Waals surface area contributed by atoms with Crippen LogP contribution in [0.25, 0.3) is 0 Å². The van der Waals surface area contributed by atoms with Gasteiger partial charge in [-0.2, -0.15) is 18.4 Å². The molecule has 1 rings (SSSR count). The van der Waals surface area contributed by atoms with Crippen LogP contribution in [0.4, 0.5) is 13.2 Å². The van der Waals surface area contributed by atoms with Crippen LogP contribution in [0.15, 0.2) is 5.16 Å². The van der Waals surface area contributed by atoms with Crippen molar-refractivity contribution < 1.29 is 22.6 Å². The van der Waals surface area contributed by atoms with Gasteiger partial charge in [0.2, 0.25) is 0 Å². The molecule has 0 heterocycles. The van der Waals surface area contributed by atoms with Crippen LogP contribution in [0.3, 0.4) is 0 Å². The first-order valence-corrected chi connectivity index (χ1v) is 7.29. The Bertz CT molecular complexity index is 394. The van der Waals surface area contributed by atoms with E-state index in [1.54, 1.807) is 0 Å². The lowest BCUT2D eigenvalue weighted by molar-refractivity contribution is -0.129. The average Bonchev–Trinajstić information content (AvgIpc) is 2.37. The Labute approximate surface area is 111 Å². The fourth-order valence-corrected chi connectivity index (χ4v) is 3.60. The van der Waals surface area contributed by atoms with Crippen LogP contribution < -0.4 is 0 Å². The quantitative estimate of drug-likeness (QED) is 0.640. The molecule has 0 saturated heterocycles. The van der Waals surface area contributed by atoms with Gasteiger partial charge in [0.15, 0.2) is 0 Å². The lowest BCUT2D eigenvalue weighted by Gasteiger charge is -2.25. The molecule has 0 aromatic heterocycles. The second-order valence-corrected chi connectivity index (χ2v) is 6.18. The van der Waals surface area contributed by atoms with Crippen molar-refractivity contribution in [1.82, 2.24) is 0 Å². The highest BCUT2D eigenvalue weighted by Crippen LogP contribution is 2.29. The van der Waals surface area contributed by atoms with E-state index in [1.807, 2.05) is 6.07 Å². The minimum Gasteiger partial charge on any atom is -0.411 e. The van der Waals surface area contributed by atoms with E-state index in [4.69, 9.17) is 10.5 Å². The zero-order valence-electron chi connectivity index (χ0n) is 10.2. The molecular weight excluding hydrogens is 281 g/mol. The van der Waals surface area contributed by atoms with Crippen LogP contribution in [0.2, 0.25) is 0 Å². The molecule has 0 aromatic rings. The smallest absolute Gasteiger partial charge is 0.390 e. The number of hydrogen-bond donors (Lipinski definition) is 1. The van der Waals surface area contributed by atoms with E-state index >= 15 is 0 Å². The topological polar surface area (TPSA) is 73.4 Å². The highest BCUT2D eigenvalue weighted by Gasteiger charge is 2.33. The van der Waals surface area contributed by atoms with Crippen molar-refractivity contribution in [3.05, 3.63) is 0 Å². The Morgan fingerprint density at radius 3 is 2.47 bits per heavy atom. The van der Waals surface area contributed by atoms with Crippen LogP contribution in [-0.4, -0.2) is 32.3 Å². The number of halogens is 3. The summed E-state index contributed by atoms with van der Waals surface area (Å²) in [5, 5.41) is 19.8. The minimum absolute atomic E-state index is 0.190. The van der Waals surface area contributed by atoms with Gasteiger partial charge in [-0.15, -0.1) is 0 Å². The fraction of sp³-hybridized carbons (Fsp3) is 0.818. The molecule has 1 aliphatic rings. The second kappa shape index (κ2) is 6.89. The molecular formula is C11H15F3N2O2S. The first kappa shape index (κ1) is 16.0. The SMILES string of the molecule is N#CC(C1CCC(=NO)CC1)S(=O)CCC(F)(F)F. The molecule has 2 atom stereocenters. The average molecular weight is 296 g/mol. The lowest BCUT2D eigenvalue weighted by atomic mass is 9.86. The van der Waals surface area contributed by atoms with Crippen molar-refractivity contribution in [3.8, 4) is 6.07 Å². The summed E-state index contributed by atoms with van der Waals surface area (Å²) >= 11 is 0. The van der Waals surface area contributed by atoms with Crippen molar-refractivity contribution in [2.75, 3.05) is 5.75 Å². The van der Waals surface area contributed by atoms with Crippen molar-refractivity contribution in [2.45, 2.75) is 43.5 Å². The van der Waals surface area contributed by atoms with E-state index in [1.165, 1.54) is 0 Å². The summed E-state index contributed by atoms with van der Waals surface area (Å²) in [6.07, 6.45) is -3.44. The number of alkyl halides is 3. The highest BCUT2D eigenvalue weighted by molar-refractivity contribution is 7.85. The Kier molecular flexibility index (Phi) is 5.79. The molecule has 1 saturated carbocycles. The number of hydrogen-bond acceptors (Lipinski definition) is 4. The molecule has 8 heteroatoms. The van der Waals surface area contributed by atoms with Gasteiger partial charge in [-0.3, -0.25) is 4.21 Å². The molecule has 1 aliphatic carbocycles. The van der Waals surface area contributed by atoms with Crippen LogP contribution in [-0.2, 0) is 10.8 Å². The van der Waals surface area contributed by atoms with E-state index < -0.39 is 34.4 Å². The first-order valence-electron chi connectivity index (χ1n) is 5.90. The highest BCUT2D eigenvalue weighted by atomic mass is 32.2.